The molecule has 0 aromatic carbocycles. The van der Waals surface area contributed by atoms with E-state index >= 15 is 0 Å². The highest BCUT2D eigenvalue weighted by Gasteiger charge is 2.15. The van der Waals surface area contributed by atoms with Gasteiger partial charge in [0.2, 0.25) is 0 Å². The maximum Gasteiger partial charge on any atom is 0.191 e. The molecule has 0 bridgehead atoms. The average molecular weight is 468 g/mol. The van der Waals surface area contributed by atoms with Crippen LogP contribution < -0.4 is 10.6 Å². The number of aliphatic imine (C=N–C) groups is 1. The average Bonchev–Trinajstić information content (AvgIpc) is 3.22. The third kappa shape index (κ3) is 5.43. The monoisotopic (exact) mass is 468 g/mol. The summed E-state index contributed by atoms with van der Waals surface area (Å²) >= 11 is 0. The smallest absolute Gasteiger partial charge is 0.191 e. The first-order valence-electron chi connectivity index (χ1n) is 9.19. The molecule has 3 rings (SSSR count). The molecule has 7 heteroatoms. The van der Waals surface area contributed by atoms with Gasteiger partial charge >= 0.3 is 0 Å². The van der Waals surface area contributed by atoms with Crippen LogP contribution in [0.4, 0.5) is 0 Å². The van der Waals surface area contributed by atoms with Gasteiger partial charge < -0.3 is 10.6 Å². The Bertz CT molecular complexity index is 716. The summed E-state index contributed by atoms with van der Waals surface area (Å²) in [6, 6.07) is 6.68. The van der Waals surface area contributed by atoms with Crippen molar-refractivity contribution in [2.45, 2.75) is 59.0 Å². The summed E-state index contributed by atoms with van der Waals surface area (Å²) < 4.78 is 1.87. The van der Waals surface area contributed by atoms with E-state index in [1.807, 2.05) is 30.8 Å². The molecule has 142 valence electrons. The normalized spacial score (nSPS) is 15.0. The summed E-state index contributed by atoms with van der Waals surface area (Å²) in [4.78, 5) is 9.24. The summed E-state index contributed by atoms with van der Waals surface area (Å²) in [5, 5.41) is 11.3. The number of nitrogens with one attached hydrogen (secondary N) is 2. The first kappa shape index (κ1) is 20.7. The van der Waals surface area contributed by atoms with Crippen LogP contribution in [0.5, 0.6) is 0 Å². The van der Waals surface area contributed by atoms with Crippen LogP contribution in [0.3, 0.4) is 0 Å². The van der Waals surface area contributed by atoms with E-state index in [2.05, 4.69) is 39.8 Å². The van der Waals surface area contributed by atoms with Gasteiger partial charge in [0.25, 0.3) is 0 Å². The van der Waals surface area contributed by atoms with Crippen LogP contribution in [0.25, 0.3) is 5.82 Å². The van der Waals surface area contributed by atoms with E-state index in [0.29, 0.717) is 12.6 Å². The van der Waals surface area contributed by atoms with E-state index in [4.69, 9.17) is 4.99 Å². The van der Waals surface area contributed by atoms with Gasteiger partial charge in [-0.2, -0.15) is 5.10 Å². The van der Waals surface area contributed by atoms with Crippen molar-refractivity contribution in [1.82, 2.24) is 25.4 Å². The van der Waals surface area contributed by atoms with Crippen LogP contribution in [0.1, 0.15) is 49.6 Å². The quantitative estimate of drug-likeness (QED) is 0.401. The number of nitrogens with zero attached hydrogens (tertiary/aromatic N) is 4. The zero-order chi connectivity index (χ0) is 17.6. The molecular weight excluding hydrogens is 439 g/mol. The van der Waals surface area contributed by atoms with Gasteiger partial charge in [-0.15, -0.1) is 24.0 Å². The van der Waals surface area contributed by atoms with Gasteiger partial charge in [0.1, 0.15) is 0 Å². The van der Waals surface area contributed by atoms with Crippen molar-refractivity contribution in [2.24, 2.45) is 4.99 Å². The molecule has 0 spiro atoms. The van der Waals surface area contributed by atoms with Gasteiger partial charge in [0, 0.05) is 24.5 Å². The van der Waals surface area contributed by atoms with E-state index in [1.165, 1.54) is 25.7 Å². The molecule has 2 aromatic heterocycles. The summed E-state index contributed by atoms with van der Waals surface area (Å²) in [6.45, 7) is 7.61. The number of aromatic nitrogens is 3. The minimum atomic E-state index is 0. The van der Waals surface area contributed by atoms with Crippen LogP contribution in [0.2, 0.25) is 0 Å². The van der Waals surface area contributed by atoms with E-state index in [9.17, 15) is 0 Å². The van der Waals surface area contributed by atoms with Crippen molar-refractivity contribution in [2.75, 3.05) is 6.54 Å². The summed E-state index contributed by atoms with van der Waals surface area (Å²) in [7, 11) is 0. The van der Waals surface area contributed by atoms with Crippen molar-refractivity contribution in [3.05, 3.63) is 41.3 Å². The Hall–Kier alpha value is -1.64. The molecule has 0 unspecified atom stereocenters. The molecular formula is C19H29IN6. The highest BCUT2D eigenvalue weighted by Crippen LogP contribution is 2.17. The fraction of sp³-hybridized carbons (Fsp3) is 0.526. The van der Waals surface area contributed by atoms with Crippen LogP contribution in [0.15, 0.2) is 29.4 Å². The molecule has 0 radical (unpaired) electrons. The van der Waals surface area contributed by atoms with E-state index < -0.39 is 0 Å². The molecule has 2 aromatic rings. The van der Waals surface area contributed by atoms with Crippen molar-refractivity contribution in [3.63, 3.8) is 0 Å². The largest absolute Gasteiger partial charge is 0.357 e. The highest BCUT2D eigenvalue weighted by molar-refractivity contribution is 14.0. The molecule has 1 aliphatic carbocycles. The summed E-state index contributed by atoms with van der Waals surface area (Å²) in [5.41, 5.74) is 3.18. The number of halogens is 1. The van der Waals surface area contributed by atoms with Crippen LogP contribution >= 0.6 is 24.0 Å². The Morgan fingerprint density at radius 2 is 2.04 bits per heavy atom. The Labute approximate surface area is 172 Å². The van der Waals surface area contributed by atoms with E-state index in [0.717, 1.165) is 35.3 Å². The van der Waals surface area contributed by atoms with Gasteiger partial charge in [0.05, 0.1) is 12.2 Å². The minimum absolute atomic E-state index is 0. The van der Waals surface area contributed by atoms with Gasteiger partial charge in [-0.3, -0.25) is 0 Å². The van der Waals surface area contributed by atoms with Crippen molar-refractivity contribution in [3.8, 4) is 5.82 Å². The van der Waals surface area contributed by atoms with Crippen molar-refractivity contribution in [1.29, 1.82) is 0 Å². The predicted molar refractivity (Wildman–Crippen MR) is 116 cm³/mol. The SMILES string of the molecule is CCNC(=NCc1ccc(-n2nc(C)cc2C)nc1)NC1CCCC1.I. The van der Waals surface area contributed by atoms with Gasteiger partial charge in [-0.25, -0.2) is 14.7 Å². The van der Waals surface area contributed by atoms with Crippen LogP contribution in [0, 0.1) is 13.8 Å². The summed E-state index contributed by atoms with van der Waals surface area (Å²) in [5.74, 6) is 1.74. The fourth-order valence-electron chi connectivity index (χ4n) is 3.25. The molecule has 0 atom stereocenters. The number of pyridine rings is 1. The molecule has 1 aliphatic rings. The van der Waals surface area contributed by atoms with Crippen molar-refractivity contribution < 1.29 is 0 Å². The Morgan fingerprint density at radius 3 is 2.62 bits per heavy atom. The molecule has 2 heterocycles. The van der Waals surface area contributed by atoms with E-state index in [1.54, 1.807) is 0 Å². The minimum Gasteiger partial charge on any atom is -0.357 e. The molecule has 6 nitrogen and oxygen atoms in total. The highest BCUT2D eigenvalue weighted by atomic mass is 127. The first-order chi connectivity index (χ1) is 12.2. The Kier molecular flexibility index (Phi) is 7.86. The zero-order valence-corrected chi connectivity index (χ0v) is 18.2. The standard InChI is InChI=1S/C19H28N6.HI/c1-4-20-19(23-17-7-5-6-8-17)22-13-16-9-10-18(21-12-16)25-15(3)11-14(2)24-25;/h9-12,17H,4-8,13H2,1-3H3,(H2,20,22,23);1H. The second-order valence-corrected chi connectivity index (χ2v) is 6.68. The van der Waals surface area contributed by atoms with E-state index in [-0.39, 0.29) is 24.0 Å². The molecule has 0 aliphatic heterocycles. The lowest BCUT2D eigenvalue weighted by atomic mass is 10.2. The first-order valence-corrected chi connectivity index (χ1v) is 9.19. The number of aryl methyl sites for hydroxylation is 2. The zero-order valence-electron chi connectivity index (χ0n) is 15.8. The maximum absolute atomic E-state index is 4.70. The molecule has 26 heavy (non-hydrogen) atoms. The second-order valence-electron chi connectivity index (χ2n) is 6.68. The number of guanidine groups is 1. The number of hydrogen-bond donors (Lipinski definition) is 2. The maximum atomic E-state index is 4.70. The molecule has 0 saturated heterocycles. The van der Waals surface area contributed by atoms with Crippen LogP contribution in [-0.4, -0.2) is 33.3 Å². The molecule has 2 N–H and O–H groups in total. The topological polar surface area (TPSA) is 67.1 Å². The lowest BCUT2D eigenvalue weighted by Crippen LogP contribution is -2.42. The van der Waals surface area contributed by atoms with Gasteiger partial charge in [-0.1, -0.05) is 18.9 Å². The predicted octanol–water partition coefficient (Wildman–Crippen LogP) is 3.50. The number of rotatable bonds is 5. The Balaban J connectivity index is 0.00000243. The third-order valence-electron chi connectivity index (χ3n) is 4.50. The lowest BCUT2D eigenvalue weighted by molar-refractivity contribution is 0.614. The summed E-state index contributed by atoms with van der Waals surface area (Å²) in [6.07, 6.45) is 6.99. The van der Waals surface area contributed by atoms with Crippen molar-refractivity contribution >= 4 is 29.9 Å². The Morgan fingerprint density at radius 1 is 1.27 bits per heavy atom. The van der Waals surface area contributed by atoms with Crippen LogP contribution in [-0.2, 0) is 6.54 Å². The fourth-order valence-corrected chi connectivity index (χ4v) is 3.25. The third-order valence-corrected chi connectivity index (χ3v) is 4.50. The molecule has 1 fully saturated rings. The lowest BCUT2D eigenvalue weighted by Gasteiger charge is -2.16. The van der Waals surface area contributed by atoms with Gasteiger partial charge in [0.15, 0.2) is 11.8 Å². The molecule has 0 amide bonds. The number of hydrogen-bond acceptors (Lipinski definition) is 3. The van der Waals surface area contributed by atoms with Gasteiger partial charge in [-0.05, 0) is 51.3 Å². The second kappa shape index (κ2) is 9.89. The molecule has 1 saturated carbocycles.